The van der Waals surface area contributed by atoms with Crippen molar-refractivity contribution < 1.29 is 33.4 Å². The highest BCUT2D eigenvalue weighted by molar-refractivity contribution is 6.38. The Morgan fingerprint density at radius 3 is 2.29 bits per heavy atom. The second-order valence-corrected chi connectivity index (χ2v) is 15.6. The first kappa shape index (κ1) is 37.4. The van der Waals surface area contributed by atoms with E-state index in [0.29, 0.717) is 11.6 Å². The summed E-state index contributed by atoms with van der Waals surface area (Å²) in [6.45, 7) is 14.8. The maximum atomic E-state index is 14.4. The number of hydrogen-bond acceptors (Lipinski definition) is 8. The first-order valence-electron chi connectivity index (χ1n) is 17.0. The van der Waals surface area contributed by atoms with Crippen LogP contribution in [-0.2, 0) is 19.2 Å². The number of methoxy groups -OCH3 is 1. The molecule has 1 aliphatic heterocycles. The third-order valence-corrected chi connectivity index (χ3v) is 8.42. The number of benzene rings is 1. The molecular weight excluding hydrogens is 628 g/mol. The normalized spacial score (nSPS) is 19.2. The van der Waals surface area contributed by atoms with Gasteiger partial charge in [-0.15, -0.1) is 0 Å². The molecule has 0 bridgehead atoms. The van der Waals surface area contributed by atoms with Gasteiger partial charge in [0, 0.05) is 29.6 Å². The van der Waals surface area contributed by atoms with Crippen LogP contribution in [0.4, 0.5) is 4.79 Å². The molecule has 1 saturated carbocycles. The molecule has 2 fully saturated rings. The van der Waals surface area contributed by atoms with Gasteiger partial charge in [0.15, 0.2) is 0 Å². The fourth-order valence-corrected chi connectivity index (χ4v) is 5.82. The lowest BCUT2D eigenvalue weighted by molar-refractivity contribution is -0.144. The molecule has 13 heteroatoms. The second kappa shape index (κ2) is 15.0. The highest BCUT2D eigenvalue weighted by Gasteiger charge is 2.47. The van der Waals surface area contributed by atoms with E-state index in [1.165, 1.54) is 4.90 Å². The predicted octanol–water partition coefficient (Wildman–Crippen LogP) is 3.48. The van der Waals surface area contributed by atoms with Crippen LogP contribution in [0.5, 0.6) is 11.6 Å². The number of carbonyl (C=O) groups is 5. The average molecular weight is 681 g/mol. The van der Waals surface area contributed by atoms with Gasteiger partial charge in [0.05, 0.1) is 19.7 Å². The van der Waals surface area contributed by atoms with Crippen LogP contribution in [0.25, 0.3) is 10.8 Å². The Kier molecular flexibility index (Phi) is 11.4. The number of likely N-dealkylation sites (tertiary alicyclic amines) is 1. The van der Waals surface area contributed by atoms with Crippen molar-refractivity contribution in [1.29, 1.82) is 0 Å². The molecule has 2 heterocycles. The van der Waals surface area contributed by atoms with E-state index >= 15 is 0 Å². The molecule has 4 N–H and O–H groups in total. The highest BCUT2D eigenvalue weighted by atomic mass is 16.5. The molecule has 49 heavy (non-hydrogen) atoms. The number of carbonyl (C=O) groups excluding carboxylic acids is 5. The molecule has 4 atom stereocenters. The first-order valence-corrected chi connectivity index (χ1v) is 17.0. The minimum absolute atomic E-state index is 0.00719. The summed E-state index contributed by atoms with van der Waals surface area (Å²) >= 11 is 0. The van der Waals surface area contributed by atoms with Gasteiger partial charge in [0.2, 0.25) is 23.5 Å². The monoisotopic (exact) mass is 680 g/mol. The highest BCUT2D eigenvalue weighted by Crippen LogP contribution is 2.32. The molecule has 2 aromatic rings. The summed E-state index contributed by atoms with van der Waals surface area (Å²) in [5, 5.41) is 12.7. The minimum Gasteiger partial charge on any atom is -0.497 e. The van der Waals surface area contributed by atoms with Crippen LogP contribution in [0.3, 0.4) is 0 Å². The zero-order chi connectivity index (χ0) is 36.3. The fourth-order valence-electron chi connectivity index (χ4n) is 5.82. The summed E-state index contributed by atoms with van der Waals surface area (Å²) in [4.78, 5) is 73.4. The van der Waals surface area contributed by atoms with E-state index in [1.807, 2.05) is 73.6 Å². The van der Waals surface area contributed by atoms with Crippen LogP contribution in [-0.4, -0.2) is 88.9 Å². The van der Waals surface area contributed by atoms with Crippen molar-refractivity contribution in [2.24, 2.45) is 11.3 Å². The van der Waals surface area contributed by atoms with Gasteiger partial charge in [0.25, 0.3) is 5.91 Å². The minimum atomic E-state index is -1.08. The van der Waals surface area contributed by atoms with Gasteiger partial charge in [-0.25, -0.2) is 9.78 Å². The van der Waals surface area contributed by atoms with Crippen molar-refractivity contribution in [1.82, 2.24) is 31.2 Å². The molecule has 4 rings (SSSR count). The number of urea groups is 1. The Hall–Kier alpha value is -4.42. The number of amides is 5. The number of nitrogens with one attached hydrogen (secondary N) is 4. The summed E-state index contributed by atoms with van der Waals surface area (Å²) in [6, 6.07) is 3.64. The lowest BCUT2D eigenvalue weighted by Crippen LogP contribution is -2.61. The Morgan fingerprint density at radius 1 is 1.00 bits per heavy atom. The predicted molar refractivity (Wildman–Crippen MR) is 185 cm³/mol. The molecule has 0 spiro atoms. The summed E-state index contributed by atoms with van der Waals surface area (Å²) in [5.74, 6) is -1.51. The van der Waals surface area contributed by atoms with Gasteiger partial charge < -0.3 is 35.6 Å². The van der Waals surface area contributed by atoms with Crippen molar-refractivity contribution in [3.8, 4) is 11.6 Å². The van der Waals surface area contributed by atoms with Crippen LogP contribution in [0.1, 0.15) is 81.1 Å². The maximum absolute atomic E-state index is 14.4. The van der Waals surface area contributed by atoms with Crippen molar-refractivity contribution in [3.63, 3.8) is 0 Å². The zero-order valence-corrected chi connectivity index (χ0v) is 30.1. The van der Waals surface area contributed by atoms with E-state index in [4.69, 9.17) is 9.47 Å². The molecule has 268 valence electrons. The molecule has 0 radical (unpaired) electrons. The van der Waals surface area contributed by atoms with E-state index in [2.05, 4.69) is 26.3 Å². The Bertz CT molecular complexity index is 1560. The molecule has 2 aliphatic rings. The molecule has 0 unspecified atom stereocenters. The third-order valence-electron chi connectivity index (χ3n) is 8.42. The van der Waals surface area contributed by atoms with Crippen molar-refractivity contribution >= 4 is 40.3 Å². The second-order valence-electron chi connectivity index (χ2n) is 15.6. The SMILES string of the molecule is COc1ccc2c(O[C@@H]3C[C@@H](C(=O)N[C@@H](CC(C)C)C(=O)C(=O)NC4CC4)N(C(=O)[C@@H](NC(=O)NC(C)(C)C)C(C)(C)C)C3)nccc2c1. The van der Waals surface area contributed by atoms with Crippen LogP contribution in [0.2, 0.25) is 0 Å². The summed E-state index contributed by atoms with van der Waals surface area (Å²) in [7, 11) is 1.58. The number of aromatic nitrogens is 1. The van der Waals surface area contributed by atoms with Gasteiger partial charge >= 0.3 is 6.03 Å². The van der Waals surface area contributed by atoms with E-state index in [1.54, 1.807) is 19.4 Å². The molecule has 1 aromatic carbocycles. The van der Waals surface area contributed by atoms with Crippen LogP contribution in [0.15, 0.2) is 30.5 Å². The molecule has 1 saturated heterocycles. The molecule has 13 nitrogen and oxygen atoms in total. The van der Waals surface area contributed by atoms with Gasteiger partial charge in [-0.3, -0.25) is 19.2 Å². The number of ether oxygens (including phenoxy) is 2. The van der Waals surface area contributed by atoms with Crippen molar-refractivity contribution in [3.05, 3.63) is 30.5 Å². The quantitative estimate of drug-likeness (QED) is 0.247. The molecule has 1 aromatic heterocycles. The Balaban J connectivity index is 1.64. The molecule has 1 aliphatic carbocycles. The number of fused-ring (bicyclic) bond motifs is 1. The maximum Gasteiger partial charge on any atom is 0.315 e. The number of nitrogens with zero attached hydrogens (tertiary/aromatic N) is 2. The number of Topliss-reactive ketones (excluding diaryl/α,β-unsaturated/α-hetero) is 1. The summed E-state index contributed by atoms with van der Waals surface area (Å²) < 4.78 is 11.7. The van der Waals surface area contributed by atoms with Crippen LogP contribution >= 0.6 is 0 Å². The van der Waals surface area contributed by atoms with E-state index in [-0.39, 0.29) is 31.3 Å². The lowest BCUT2D eigenvalue weighted by Gasteiger charge is -2.36. The number of rotatable bonds is 12. The van der Waals surface area contributed by atoms with Gasteiger partial charge in [-0.1, -0.05) is 34.6 Å². The zero-order valence-electron chi connectivity index (χ0n) is 30.1. The Labute approximate surface area is 288 Å². The standard InChI is InChI=1S/C36H52N6O7/c1-20(2)16-26(28(43)31(45)38-22-10-11-22)39-30(44)27-18-24(49-32-25-13-12-23(48-9)17-21(25)14-15-37-32)19-42(27)33(46)29(35(3,4)5)40-34(47)41-36(6,7)8/h12-15,17,20,22,24,26-27,29H,10-11,16,18-19H2,1-9H3,(H,38,45)(H,39,44)(H2,40,41,47)/t24-,26+,27+,29-/m1/s1. The number of hydrogen-bond donors (Lipinski definition) is 4. The van der Waals surface area contributed by atoms with E-state index < -0.39 is 64.7 Å². The topological polar surface area (TPSA) is 168 Å². The van der Waals surface area contributed by atoms with Crippen molar-refractivity contribution in [2.75, 3.05) is 13.7 Å². The van der Waals surface area contributed by atoms with Crippen molar-refractivity contribution in [2.45, 2.75) is 117 Å². The summed E-state index contributed by atoms with van der Waals surface area (Å²) in [6.07, 6.45) is 2.93. The molecule has 5 amide bonds. The van der Waals surface area contributed by atoms with Gasteiger partial charge in [-0.2, -0.15) is 0 Å². The summed E-state index contributed by atoms with van der Waals surface area (Å²) in [5.41, 5.74) is -1.29. The van der Waals surface area contributed by atoms with Crippen LogP contribution in [0, 0.1) is 11.3 Å². The average Bonchev–Trinajstić information content (AvgIpc) is 3.72. The van der Waals surface area contributed by atoms with Gasteiger partial charge in [-0.05, 0) is 81.0 Å². The van der Waals surface area contributed by atoms with E-state index in [9.17, 15) is 24.0 Å². The smallest absolute Gasteiger partial charge is 0.315 e. The van der Waals surface area contributed by atoms with Gasteiger partial charge in [0.1, 0.15) is 23.9 Å². The van der Waals surface area contributed by atoms with Crippen LogP contribution < -0.4 is 30.7 Å². The largest absolute Gasteiger partial charge is 0.497 e. The molecular formula is C36H52N6O7. The number of pyridine rings is 1. The first-order chi connectivity index (χ1) is 22.9. The van der Waals surface area contributed by atoms with E-state index in [0.717, 1.165) is 23.6 Å². The lowest BCUT2D eigenvalue weighted by atomic mass is 9.85. The fraction of sp³-hybridized carbons (Fsp3) is 0.611. The third kappa shape index (κ3) is 10.1. The Morgan fingerprint density at radius 2 is 1.69 bits per heavy atom. The number of ketones is 1.